The Hall–Kier alpha value is -3.14. The number of H-pyrrole nitrogens is 1. The number of hydrogen-bond acceptors (Lipinski definition) is 8. The predicted molar refractivity (Wildman–Crippen MR) is 136 cm³/mol. The highest BCUT2D eigenvalue weighted by atomic mass is 16.5. The fourth-order valence-electron chi connectivity index (χ4n) is 4.50. The summed E-state index contributed by atoms with van der Waals surface area (Å²) in [4.78, 5) is 25.0. The quantitative estimate of drug-likeness (QED) is 0.504. The van der Waals surface area contributed by atoms with Crippen molar-refractivity contribution >= 4 is 10.9 Å². The van der Waals surface area contributed by atoms with E-state index < -0.39 is 6.10 Å². The first-order valence-corrected chi connectivity index (χ1v) is 11.8. The van der Waals surface area contributed by atoms with Crippen molar-refractivity contribution in [2.45, 2.75) is 20.0 Å². The Labute approximate surface area is 205 Å². The fraction of sp³-hybridized carbons (Fsp3) is 0.462. The van der Waals surface area contributed by atoms with Gasteiger partial charge in [0.1, 0.15) is 41.2 Å². The molecule has 0 unspecified atom stereocenters. The minimum atomic E-state index is -0.569. The lowest BCUT2D eigenvalue weighted by Gasteiger charge is -2.33. The van der Waals surface area contributed by atoms with E-state index in [9.17, 15) is 9.90 Å². The molecule has 1 saturated heterocycles. The van der Waals surface area contributed by atoms with Gasteiger partial charge in [-0.1, -0.05) is 0 Å². The van der Waals surface area contributed by atoms with Crippen molar-refractivity contribution in [3.05, 3.63) is 45.7 Å². The molecular formula is C26H34N4O5. The lowest BCUT2D eigenvalue weighted by Crippen LogP contribution is -2.47. The van der Waals surface area contributed by atoms with Crippen LogP contribution in [0.25, 0.3) is 22.3 Å². The van der Waals surface area contributed by atoms with Crippen molar-refractivity contribution < 1.29 is 19.3 Å². The molecule has 0 bridgehead atoms. The Morgan fingerprint density at radius 1 is 1.06 bits per heavy atom. The first kappa shape index (κ1) is 25.0. The van der Waals surface area contributed by atoms with Crippen LogP contribution in [0.1, 0.15) is 11.1 Å². The molecule has 2 heterocycles. The third-order valence-electron chi connectivity index (χ3n) is 6.42. The van der Waals surface area contributed by atoms with Gasteiger partial charge in [-0.3, -0.25) is 9.69 Å². The molecule has 9 heteroatoms. The van der Waals surface area contributed by atoms with Crippen molar-refractivity contribution in [1.82, 2.24) is 19.8 Å². The summed E-state index contributed by atoms with van der Waals surface area (Å²) < 4.78 is 16.7. The van der Waals surface area contributed by atoms with Crippen LogP contribution < -0.4 is 19.8 Å². The minimum Gasteiger partial charge on any atom is -0.497 e. The molecule has 2 N–H and O–H groups in total. The number of nitrogens with one attached hydrogen (secondary N) is 1. The zero-order chi connectivity index (χ0) is 25.1. The maximum Gasteiger partial charge on any atom is 0.262 e. The third-order valence-corrected chi connectivity index (χ3v) is 6.42. The fourth-order valence-corrected chi connectivity index (χ4v) is 4.50. The van der Waals surface area contributed by atoms with Crippen LogP contribution in [0.15, 0.2) is 29.1 Å². The lowest BCUT2D eigenvalue weighted by molar-refractivity contribution is 0.0501. The Balaban J connectivity index is 1.54. The van der Waals surface area contributed by atoms with E-state index in [2.05, 4.69) is 26.8 Å². The number of aliphatic hydroxyl groups is 1. The monoisotopic (exact) mass is 482 g/mol. The van der Waals surface area contributed by atoms with E-state index in [4.69, 9.17) is 14.2 Å². The van der Waals surface area contributed by atoms with Crippen LogP contribution in [-0.4, -0.2) is 91.6 Å². The number of aromatic amines is 1. The Kier molecular flexibility index (Phi) is 7.59. The zero-order valence-electron chi connectivity index (χ0n) is 21.1. The van der Waals surface area contributed by atoms with E-state index in [1.165, 1.54) is 7.11 Å². The Bertz CT molecular complexity index is 1230. The molecule has 1 atom stereocenters. The van der Waals surface area contributed by atoms with Crippen LogP contribution in [0, 0.1) is 13.8 Å². The van der Waals surface area contributed by atoms with Crippen molar-refractivity contribution in [3.8, 4) is 28.6 Å². The van der Waals surface area contributed by atoms with Gasteiger partial charge in [-0.25, -0.2) is 4.98 Å². The summed E-state index contributed by atoms with van der Waals surface area (Å²) in [6.07, 6.45) is -0.569. The smallest absolute Gasteiger partial charge is 0.262 e. The molecule has 4 rings (SSSR count). The number of rotatable bonds is 8. The number of hydrogen-bond donors (Lipinski definition) is 2. The number of fused-ring (bicyclic) bond motifs is 1. The summed E-state index contributed by atoms with van der Waals surface area (Å²) in [5, 5.41) is 10.9. The average molecular weight is 483 g/mol. The molecule has 0 amide bonds. The molecule has 1 aromatic heterocycles. The van der Waals surface area contributed by atoms with Crippen molar-refractivity contribution in [2.24, 2.45) is 0 Å². The average Bonchev–Trinajstić information content (AvgIpc) is 2.83. The number of benzene rings is 2. The second-order valence-corrected chi connectivity index (χ2v) is 9.15. The van der Waals surface area contributed by atoms with E-state index in [1.54, 1.807) is 19.2 Å². The summed E-state index contributed by atoms with van der Waals surface area (Å²) in [5.74, 6) is 2.15. The van der Waals surface area contributed by atoms with Gasteiger partial charge in [-0.2, -0.15) is 0 Å². The molecule has 1 aliphatic rings. The van der Waals surface area contributed by atoms with Gasteiger partial charge in [-0.15, -0.1) is 0 Å². The molecular weight excluding hydrogens is 448 g/mol. The van der Waals surface area contributed by atoms with Gasteiger partial charge in [0, 0.05) is 50.4 Å². The number of ether oxygens (including phenoxy) is 3. The molecule has 35 heavy (non-hydrogen) atoms. The second-order valence-electron chi connectivity index (χ2n) is 9.15. The maximum absolute atomic E-state index is 12.9. The molecule has 0 saturated carbocycles. The SMILES string of the molecule is COc1cc(OC)c2c(=O)[nH]c(-c3cc(C)c(OC[C@@H](O)CN4CCN(C)CC4)c(C)c3)nc2c1. The number of β-amino-alcohol motifs (C(OH)–C–C–N with tert-alkyl or cyclic N) is 1. The highest BCUT2D eigenvalue weighted by Gasteiger charge is 2.19. The molecule has 0 radical (unpaired) electrons. The topological polar surface area (TPSA) is 100 Å². The summed E-state index contributed by atoms with van der Waals surface area (Å²) in [6, 6.07) is 7.24. The molecule has 9 nitrogen and oxygen atoms in total. The number of methoxy groups -OCH3 is 2. The first-order valence-electron chi connectivity index (χ1n) is 11.8. The van der Waals surface area contributed by atoms with E-state index in [1.807, 2.05) is 26.0 Å². The number of likely N-dealkylation sites (N-methyl/N-ethyl adjacent to an activating group) is 1. The van der Waals surface area contributed by atoms with Crippen LogP contribution >= 0.6 is 0 Å². The number of aliphatic hydroxyl groups excluding tert-OH is 1. The zero-order valence-corrected chi connectivity index (χ0v) is 21.1. The molecule has 2 aromatic carbocycles. The molecule has 0 spiro atoms. The van der Waals surface area contributed by atoms with Gasteiger partial charge < -0.3 is 29.2 Å². The molecule has 188 valence electrons. The van der Waals surface area contributed by atoms with Gasteiger partial charge in [0.25, 0.3) is 5.56 Å². The van der Waals surface area contributed by atoms with Crippen LogP contribution in [0.5, 0.6) is 17.2 Å². The Morgan fingerprint density at radius 2 is 1.74 bits per heavy atom. The molecule has 0 aliphatic carbocycles. The number of piperazine rings is 1. The van der Waals surface area contributed by atoms with Crippen LogP contribution in [0.3, 0.4) is 0 Å². The summed E-state index contributed by atoms with van der Waals surface area (Å²) in [5.41, 5.74) is 2.77. The van der Waals surface area contributed by atoms with Crippen LogP contribution in [-0.2, 0) is 0 Å². The van der Waals surface area contributed by atoms with Crippen molar-refractivity contribution in [2.75, 3.05) is 60.6 Å². The normalized spacial score (nSPS) is 15.8. The van der Waals surface area contributed by atoms with Crippen LogP contribution in [0.4, 0.5) is 0 Å². The van der Waals surface area contributed by atoms with Gasteiger partial charge in [-0.05, 0) is 44.2 Å². The standard InChI is InChI=1S/C26H34N4O5/c1-16-10-18(25-27-21-12-20(33-4)13-22(34-5)23(21)26(32)28-25)11-17(2)24(16)35-15-19(31)14-30-8-6-29(3)7-9-30/h10-13,19,31H,6-9,14-15H2,1-5H3,(H,27,28,32)/t19-/m0/s1. The lowest BCUT2D eigenvalue weighted by atomic mass is 10.0. The minimum absolute atomic E-state index is 0.220. The summed E-state index contributed by atoms with van der Waals surface area (Å²) >= 11 is 0. The van der Waals surface area contributed by atoms with Crippen molar-refractivity contribution in [3.63, 3.8) is 0 Å². The summed E-state index contributed by atoms with van der Waals surface area (Å²) in [6.45, 7) is 8.64. The maximum atomic E-state index is 12.9. The van der Waals surface area contributed by atoms with Crippen LogP contribution in [0.2, 0.25) is 0 Å². The summed E-state index contributed by atoms with van der Waals surface area (Å²) in [7, 11) is 5.18. The number of aromatic nitrogens is 2. The van der Waals surface area contributed by atoms with Crippen molar-refractivity contribution in [1.29, 1.82) is 0 Å². The molecule has 1 fully saturated rings. The third kappa shape index (κ3) is 5.58. The van der Waals surface area contributed by atoms with Gasteiger partial charge in [0.15, 0.2) is 0 Å². The largest absolute Gasteiger partial charge is 0.497 e. The second kappa shape index (κ2) is 10.6. The van der Waals surface area contributed by atoms with Gasteiger partial charge >= 0.3 is 0 Å². The molecule has 1 aliphatic heterocycles. The first-order chi connectivity index (χ1) is 16.8. The van der Waals surface area contributed by atoms with E-state index in [0.717, 1.165) is 48.6 Å². The van der Waals surface area contributed by atoms with Gasteiger partial charge in [0.2, 0.25) is 0 Å². The van der Waals surface area contributed by atoms with Gasteiger partial charge in [0.05, 0.1) is 19.7 Å². The van der Waals surface area contributed by atoms with E-state index in [-0.39, 0.29) is 12.2 Å². The highest BCUT2D eigenvalue weighted by Crippen LogP contribution is 2.31. The van der Waals surface area contributed by atoms with E-state index >= 15 is 0 Å². The molecule has 3 aromatic rings. The highest BCUT2D eigenvalue weighted by molar-refractivity contribution is 5.87. The number of nitrogens with zero attached hydrogens (tertiary/aromatic N) is 3. The Morgan fingerprint density at radius 3 is 2.37 bits per heavy atom. The number of aryl methyl sites for hydroxylation is 2. The van der Waals surface area contributed by atoms with E-state index in [0.29, 0.717) is 34.8 Å². The predicted octanol–water partition coefficient (Wildman–Crippen LogP) is 2.21.